The normalized spacial score (nSPS) is 17.5. The van der Waals surface area contributed by atoms with Gasteiger partial charge in [0.15, 0.2) is 0 Å². The van der Waals surface area contributed by atoms with E-state index >= 15 is 0 Å². The lowest BCUT2D eigenvalue weighted by molar-refractivity contribution is 0.258. The van der Waals surface area contributed by atoms with Crippen LogP contribution in [0.3, 0.4) is 0 Å². The summed E-state index contributed by atoms with van der Waals surface area (Å²) in [7, 11) is 0. The van der Waals surface area contributed by atoms with Crippen LogP contribution in [0.1, 0.15) is 31.4 Å². The minimum absolute atomic E-state index is 0.268. The van der Waals surface area contributed by atoms with Crippen LogP contribution in [-0.2, 0) is 0 Å². The van der Waals surface area contributed by atoms with Gasteiger partial charge in [-0.2, -0.15) is 0 Å². The van der Waals surface area contributed by atoms with Crippen LogP contribution in [0, 0.1) is 11.6 Å². The first-order chi connectivity index (χ1) is 8.11. The van der Waals surface area contributed by atoms with Crippen LogP contribution in [0.25, 0.3) is 0 Å². The van der Waals surface area contributed by atoms with Crippen molar-refractivity contribution >= 4 is 0 Å². The van der Waals surface area contributed by atoms with Crippen LogP contribution in [-0.4, -0.2) is 24.0 Å². The van der Waals surface area contributed by atoms with Gasteiger partial charge < -0.3 is 5.73 Å². The second-order valence-electron chi connectivity index (χ2n) is 4.59. The summed E-state index contributed by atoms with van der Waals surface area (Å²) < 4.78 is 26.6. The van der Waals surface area contributed by atoms with Crippen molar-refractivity contribution in [3.05, 3.63) is 35.4 Å². The second kappa shape index (κ2) is 5.10. The average molecular weight is 240 g/mol. The van der Waals surface area contributed by atoms with Crippen LogP contribution in [0.4, 0.5) is 8.78 Å². The summed E-state index contributed by atoms with van der Waals surface area (Å²) in [6.45, 7) is 3.55. The first kappa shape index (κ1) is 12.5. The van der Waals surface area contributed by atoms with Gasteiger partial charge in [-0.15, -0.1) is 0 Å². The van der Waals surface area contributed by atoms with Crippen molar-refractivity contribution in [2.45, 2.75) is 31.8 Å². The van der Waals surface area contributed by atoms with E-state index in [9.17, 15) is 8.78 Å². The van der Waals surface area contributed by atoms with Crippen molar-refractivity contribution in [2.24, 2.45) is 5.73 Å². The molecule has 1 aromatic rings. The van der Waals surface area contributed by atoms with Crippen LogP contribution in [0.5, 0.6) is 0 Å². The van der Waals surface area contributed by atoms with Gasteiger partial charge in [-0.25, -0.2) is 8.78 Å². The fourth-order valence-corrected chi connectivity index (χ4v) is 2.13. The van der Waals surface area contributed by atoms with Gasteiger partial charge in [-0.3, -0.25) is 4.90 Å². The van der Waals surface area contributed by atoms with E-state index in [1.165, 1.54) is 18.9 Å². The molecule has 17 heavy (non-hydrogen) atoms. The predicted molar refractivity (Wildman–Crippen MR) is 63.6 cm³/mol. The molecule has 0 aromatic heterocycles. The Bertz CT molecular complexity index is 391. The maximum Gasteiger partial charge on any atom is 0.128 e. The topological polar surface area (TPSA) is 29.3 Å². The van der Waals surface area contributed by atoms with Crippen molar-refractivity contribution in [3.63, 3.8) is 0 Å². The van der Waals surface area contributed by atoms with E-state index in [-0.39, 0.29) is 5.56 Å². The number of nitrogens with two attached hydrogens (primary N) is 1. The van der Waals surface area contributed by atoms with Gasteiger partial charge in [0.1, 0.15) is 11.6 Å². The number of likely N-dealkylation sites (N-methyl/N-ethyl adjacent to an activating group) is 1. The van der Waals surface area contributed by atoms with E-state index in [2.05, 4.69) is 11.8 Å². The molecule has 1 saturated carbocycles. The van der Waals surface area contributed by atoms with Crippen molar-refractivity contribution < 1.29 is 8.78 Å². The number of halogens is 2. The van der Waals surface area contributed by atoms with Gasteiger partial charge in [0.2, 0.25) is 0 Å². The molecule has 1 unspecified atom stereocenters. The second-order valence-corrected chi connectivity index (χ2v) is 4.59. The van der Waals surface area contributed by atoms with Crippen molar-refractivity contribution in [1.82, 2.24) is 4.90 Å². The van der Waals surface area contributed by atoms with E-state index in [1.54, 1.807) is 0 Å². The lowest BCUT2D eigenvalue weighted by Crippen LogP contribution is -2.34. The summed E-state index contributed by atoms with van der Waals surface area (Å²) in [6, 6.07) is 3.57. The quantitative estimate of drug-likeness (QED) is 0.856. The SMILES string of the molecule is CCN(CC(N)c1cc(F)ccc1F)C1CC1. The Morgan fingerprint density at radius 1 is 1.41 bits per heavy atom. The molecule has 0 bridgehead atoms. The summed E-state index contributed by atoms with van der Waals surface area (Å²) in [5, 5.41) is 0. The highest BCUT2D eigenvalue weighted by Gasteiger charge is 2.29. The van der Waals surface area contributed by atoms with Crippen LogP contribution in [0.15, 0.2) is 18.2 Å². The maximum absolute atomic E-state index is 13.5. The summed E-state index contributed by atoms with van der Waals surface area (Å²) in [5.74, 6) is -0.864. The molecule has 1 aliphatic rings. The molecule has 1 atom stereocenters. The first-order valence-electron chi connectivity index (χ1n) is 6.06. The minimum atomic E-state index is -0.466. The molecular formula is C13H18F2N2. The van der Waals surface area contributed by atoms with Crippen molar-refractivity contribution in [2.75, 3.05) is 13.1 Å². The third-order valence-corrected chi connectivity index (χ3v) is 3.26. The lowest BCUT2D eigenvalue weighted by atomic mass is 10.1. The first-order valence-corrected chi connectivity index (χ1v) is 6.06. The van der Waals surface area contributed by atoms with Gasteiger partial charge in [-0.1, -0.05) is 6.92 Å². The molecule has 0 saturated heterocycles. The molecule has 0 radical (unpaired) electrons. The van der Waals surface area contributed by atoms with Crippen LogP contribution < -0.4 is 5.73 Å². The van der Waals surface area contributed by atoms with Gasteiger partial charge in [-0.05, 0) is 37.6 Å². The Morgan fingerprint density at radius 3 is 2.71 bits per heavy atom. The van der Waals surface area contributed by atoms with Crippen LogP contribution >= 0.6 is 0 Å². The summed E-state index contributed by atoms with van der Waals surface area (Å²) >= 11 is 0. The van der Waals surface area contributed by atoms with Gasteiger partial charge >= 0.3 is 0 Å². The molecule has 0 aliphatic heterocycles. The number of rotatable bonds is 5. The standard InChI is InChI=1S/C13H18F2N2/c1-2-17(10-4-5-10)8-13(16)11-7-9(14)3-6-12(11)15/h3,6-7,10,13H,2,4-5,8,16H2,1H3. The third kappa shape index (κ3) is 3.01. The highest BCUT2D eigenvalue weighted by Crippen LogP contribution is 2.28. The minimum Gasteiger partial charge on any atom is -0.323 e. The van der Waals surface area contributed by atoms with E-state index in [0.29, 0.717) is 12.6 Å². The zero-order valence-corrected chi connectivity index (χ0v) is 10.00. The number of hydrogen-bond donors (Lipinski definition) is 1. The molecule has 0 amide bonds. The molecule has 1 fully saturated rings. The van der Waals surface area contributed by atoms with E-state index in [4.69, 9.17) is 5.73 Å². The van der Waals surface area contributed by atoms with Gasteiger partial charge in [0.25, 0.3) is 0 Å². The number of hydrogen-bond acceptors (Lipinski definition) is 2. The highest BCUT2D eigenvalue weighted by molar-refractivity contribution is 5.22. The maximum atomic E-state index is 13.5. The third-order valence-electron chi connectivity index (χ3n) is 3.26. The average Bonchev–Trinajstić information content (AvgIpc) is 3.13. The Morgan fingerprint density at radius 2 is 2.12 bits per heavy atom. The summed E-state index contributed by atoms with van der Waals surface area (Å²) in [4.78, 5) is 2.23. The zero-order chi connectivity index (χ0) is 12.4. The molecule has 2 rings (SSSR count). The molecule has 2 N–H and O–H groups in total. The van der Waals surface area contributed by atoms with Crippen molar-refractivity contribution in [1.29, 1.82) is 0 Å². The van der Waals surface area contributed by atoms with E-state index < -0.39 is 17.7 Å². The Balaban J connectivity index is 2.07. The molecule has 4 heteroatoms. The van der Waals surface area contributed by atoms with Gasteiger partial charge in [0, 0.05) is 24.2 Å². The molecular weight excluding hydrogens is 222 g/mol. The Kier molecular flexibility index (Phi) is 3.74. The smallest absolute Gasteiger partial charge is 0.128 e. The fourth-order valence-electron chi connectivity index (χ4n) is 2.13. The molecule has 94 valence electrons. The number of nitrogens with zero attached hydrogens (tertiary/aromatic N) is 1. The molecule has 1 aliphatic carbocycles. The lowest BCUT2D eigenvalue weighted by Gasteiger charge is -2.24. The molecule has 2 nitrogen and oxygen atoms in total. The Hall–Kier alpha value is -1.00. The molecule has 0 heterocycles. The fraction of sp³-hybridized carbons (Fsp3) is 0.538. The molecule has 0 spiro atoms. The molecule has 1 aromatic carbocycles. The highest BCUT2D eigenvalue weighted by atomic mass is 19.1. The summed E-state index contributed by atoms with van der Waals surface area (Å²) in [5.41, 5.74) is 6.23. The van der Waals surface area contributed by atoms with Crippen molar-refractivity contribution in [3.8, 4) is 0 Å². The van der Waals surface area contributed by atoms with E-state index in [1.807, 2.05) is 0 Å². The summed E-state index contributed by atoms with van der Waals surface area (Å²) in [6.07, 6.45) is 2.37. The van der Waals surface area contributed by atoms with Crippen LogP contribution in [0.2, 0.25) is 0 Å². The predicted octanol–water partition coefficient (Wildman–Crippen LogP) is 2.45. The largest absolute Gasteiger partial charge is 0.323 e. The van der Waals surface area contributed by atoms with E-state index in [0.717, 1.165) is 18.7 Å². The Labute approximate surface area is 100 Å². The monoisotopic (exact) mass is 240 g/mol. The van der Waals surface area contributed by atoms with Gasteiger partial charge in [0.05, 0.1) is 0 Å². The zero-order valence-electron chi connectivity index (χ0n) is 10.00. The number of benzene rings is 1.